The van der Waals surface area contributed by atoms with Crippen molar-refractivity contribution in [2.45, 2.75) is 25.8 Å². The Hall–Kier alpha value is -1.59. The molecule has 0 bridgehead atoms. The molecule has 1 unspecified atom stereocenters. The van der Waals surface area contributed by atoms with Gasteiger partial charge in [-0.2, -0.15) is 0 Å². The third-order valence-corrected chi connectivity index (χ3v) is 4.12. The second kappa shape index (κ2) is 6.91. The van der Waals surface area contributed by atoms with Crippen LogP contribution in [0.4, 0.5) is 0 Å². The van der Waals surface area contributed by atoms with Crippen molar-refractivity contribution < 1.29 is 14.6 Å². The van der Waals surface area contributed by atoms with Crippen molar-refractivity contribution in [1.82, 2.24) is 10.2 Å². The SMILES string of the molecule is CCOc1ccc(C(C)(C(=O)O)N2CCCNCC2)cc1. The lowest BCUT2D eigenvalue weighted by Crippen LogP contribution is -2.51. The molecule has 21 heavy (non-hydrogen) atoms. The molecular weight excluding hydrogens is 268 g/mol. The summed E-state index contributed by atoms with van der Waals surface area (Å²) in [6, 6.07) is 7.40. The molecule has 5 nitrogen and oxygen atoms in total. The third-order valence-electron chi connectivity index (χ3n) is 4.12. The van der Waals surface area contributed by atoms with E-state index in [1.165, 1.54) is 0 Å². The van der Waals surface area contributed by atoms with Crippen LogP contribution < -0.4 is 10.1 Å². The van der Waals surface area contributed by atoms with Crippen LogP contribution in [-0.4, -0.2) is 48.8 Å². The minimum Gasteiger partial charge on any atom is -0.494 e. The number of hydrogen-bond donors (Lipinski definition) is 2. The van der Waals surface area contributed by atoms with Crippen LogP contribution in [0.5, 0.6) is 5.75 Å². The Balaban J connectivity index is 2.29. The Morgan fingerprint density at radius 3 is 2.67 bits per heavy atom. The van der Waals surface area contributed by atoms with Crippen LogP contribution in [0.2, 0.25) is 0 Å². The van der Waals surface area contributed by atoms with Crippen molar-refractivity contribution in [2.24, 2.45) is 0 Å². The van der Waals surface area contributed by atoms with Crippen LogP contribution in [0.25, 0.3) is 0 Å². The number of benzene rings is 1. The predicted octanol–water partition coefficient (Wildman–Crippen LogP) is 1.68. The Bertz CT molecular complexity index is 467. The zero-order valence-electron chi connectivity index (χ0n) is 12.8. The molecule has 2 rings (SSSR count). The van der Waals surface area contributed by atoms with Gasteiger partial charge < -0.3 is 15.2 Å². The van der Waals surface area contributed by atoms with E-state index >= 15 is 0 Å². The van der Waals surface area contributed by atoms with Crippen molar-refractivity contribution in [2.75, 3.05) is 32.8 Å². The standard InChI is InChI=1S/C16H24N2O3/c1-3-21-14-7-5-13(6-8-14)16(2,15(19)20)18-11-4-9-17-10-12-18/h5-8,17H,3-4,9-12H2,1-2H3,(H,19,20). The Kier molecular flexibility index (Phi) is 5.20. The minimum absolute atomic E-state index is 0.605. The molecule has 116 valence electrons. The van der Waals surface area contributed by atoms with E-state index in [0.717, 1.165) is 43.9 Å². The molecule has 1 aliphatic rings. The molecule has 1 aromatic carbocycles. The molecule has 1 atom stereocenters. The highest BCUT2D eigenvalue weighted by Gasteiger charge is 2.41. The fourth-order valence-corrected chi connectivity index (χ4v) is 2.78. The molecule has 1 fully saturated rings. The number of carbonyl (C=O) groups is 1. The lowest BCUT2D eigenvalue weighted by Gasteiger charge is -2.37. The van der Waals surface area contributed by atoms with Gasteiger partial charge >= 0.3 is 5.97 Å². The van der Waals surface area contributed by atoms with E-state index in [-0.39, 0.29) is 0 Å². The van der Waals surface area contributed by atoms with Gasteiger partial charge in [0.05, 0.1) is 6.61 Å². The maximum atomic E-state index is 12.0. The maximum Gasteiger partial charge on any atom is 0.328 e. The molecule has 1 aromatic rings. The van der Waals surface area contributed by atoms with Crippen molar-refractivity contribution in [3.8, 4) is 5.75 Å². The second-order valence-electron chi connectivity index (χ2n) is 5.43. The third kappa shape index (κ3) is 3.36. The quantitative estimate of drug-likeness (QED) is 0.864. The van der Waals surface area contributed by atoms with Crippen LogP contribution in [-0.2, 0) is 10.3 Å². The summed E-state index contributed by atoms with van der Waals surface area (Å²) in [7, 11) is 0. The van der Waals surface area contributed by atoms with E-state index < -0.39 is 11.5 Å². The van der Waals surface area contributed by atoms with E-state index in [0.29, 0.717) is 6.61 Å². The molecule has 1 heterocycles. The normalized spacial score (nSPS) is 19.5. The van der Waals surface area contributed by atoms with Gasteiger partial charge in [0.25, 0.3) is 0 Å². The van der Waals surface area contributed by atoms with E-state index in [4.69, 9.17) is 4.74 Å². The molecule has 1 saturated heterocycles. The van der Waals surface area contributed by atoms with Gasteiger partial charge in [0, 0.05) is 19.6 Å². The highest BCUT2D eigenvalue weighted by molar-refractivity contribution is 5.80. The monoisotopic (exact) mass is 292 g/mol. The lowest BCUT2D eigenvalue weighted by molar-refractivity contribution is -0.151. The summed E-state index contributed by atoms with van der Waals surface area (Å²) in [6.07, 6.45) is 0.958. The summed E-state index contributed by atoms with van der Waals surface area (Å²) in [5.41, 5.74) is -0.211. The fraction of sp³-hybridized carbons (Fsp3) is 0.562. The van der Waals surface area contributed by atoms with Gasteiger partial charge in [-0.15, -0.1) is 0 Å². The number of nitrogens with one attached hydrogen (secondary N) is 1. The van der Waals surface area contributed by atoms with Crippen LogP contribution in [0.3, 0.4) is 0 Å². The molecule has 2 N–H and O–H groups in total. The Morgan fingerprint density at radius 2 is 2.05 bits per heavy atom. The number of hydrogen-bond acceptors (Lipinski definition) is 4. The van der Waals surface area contributed by atoms with E-state index in [2.05, 4.69) is 5.32 Å². The summed E-state index contributed by atoms with van der Waals surface area (Å²) in [5, 5.41) is 13.1. The summed E-state index contributed by atoms with van der Waals surface area (Å²) >= 11 is 0. The molecule has 5 heteroatoms. The van der Waals surface area contributed by atoms with E-state index in [1.54, 1.807) is 6.92 Å². The summed E-state index contributed by atoms with van der Waals surface area (Å²) in [5.74, 6) is -0.0416. The number of rotatable bonds is 5. The highest BCUT2D eigenvalue weighted by atomic mass is 16.5. The first-order chi connectivity index (χ1) is 10.1. The zero-order chi connectivity index (χ0) is 15.3. The fourth-order valence-electron chi connectivity index (χ4n) is 2.78. The van der Waals surface area contributed by atoms with Crippen LogP contribution in [0.15, 0.2) is 24.3 Å². The first-order valence-corrected chi connectivity index (χ1v) is 7.51. The molecule has 1 aliphatic heterocycles. The lowest BCUT2D eigenvalue weighted by atomic mass is 9.89. The van der Waals surface area contributed by atoms with Gasteiger partial charge in [-0.1, -0.05) is 12.1 Å². The van der Waals surface area contributed by atoms with E-state index in [9.17, 15) is 9.90 Å². The van der Waals surface area contributed by atoms with Crippen molar-refractivity contribution in [1.29, 1.82) is 0 Å². The van der Waals surface area contributed by atoms with Crippen molar-refractivity contribution in [3.05, 3.63) is 29.8 Å². The topological polar surface area (TPSA) is 61.8 Å². The summed E-state index contributed by atoms with van der Waals surface area (Å²) < 4.78 is 5.43. The Labute approximate surface area is 125 Å². The molecule has 0 aromatic heterocycles. The molecular formula is C16H24N2O3. The first kappa shape index (κ1) is 15.8. The maximum absolute atomic E-state index is 12.0. The van der Waals surface area contributed by atoms with Gasteiger partial charge in [0.15, 0.2) is 0 Å². The Morgan fingerprint density at radius 1 is 1.33 bits per heavy atom. The molecule has 0 saturated carbocycles. The van der Waals surface area contributed by atoms with Crippen molar-refractivity contribution in [3.63, 3.8) is 0 Å². The van der Waals surface area contributed by atoms with Crippen LogP contribution in [0, 0.1) is 0 Å². The largest absolute Gasteiger partial charge is 0.494 e. The van der Waals surface area contributed by atoms with Crippen LogP contribution in [0.1, 0.15) is 25.8 Å². The smallest absolute Gasteiger partial charge is 0.328 e. The average molecular weight is 292 g/mol. The van der Waals surface area contributed by atoms with Gasteiger partial charge in [-0.3, -0.25) is 4.90 Å². The predicted molar refractivity (Wildman–Crippen MR) is 81.7 cm³/mol. The number of ether oxygens (including phenoxy) is 1. The number of aliphatic carboxylic acids is 1. The number of carboxylic acids is 1. The van der Waals surface area contributed by atoms with E-state index in [1.807, 2.05) is 36.1 Å². The van der Waals surface area contributed by atoms with Crippen molar-refractivity contribution >= 4 is 5.97 Å². The summed E-state index contributed by atoms with van der Waals surface area (Å²) in [6.45, 7) is 7.59. The van der Waals surface area contributed by atoms with Gasteiger partial charge in [-0.25, -0.2) is 4.79 Å². The average Bonchev–Trinajstić information content (AvgIpc) is 2.76. The highest BCUT2D eigenvalue weighted by Crippen LogP contribution is 2.30. The molecule has 0 spiro atoms. The minimum atomic E-state index is -1.00. The van der Waals surface area contributed by atoms with Crippen LogP contribution >= 0.6 is 0 Å². The van der Waals surface area contributed by atoms with Gasteiger partial charge in [-0.05, 0) is 44.5 Å². The van der Waals surface area contributed by atoms with Gasteiger partial charge in [0.2, 0.25) is 0 Å². The van der Waals surface area contributed by atoms with Gasteiger partial charge in [0.1, 0.15) is 11.3 Å². The number of carboxylic acid groups (broad SMARTS) is 1. The molecule has 0 radical (unpaired) electrons. The molecule has 0 aliphatic carbocycles. The molecule has 0 amide bonds. The second-order valence-corrected chi connectivity index (χ2v) is 5.43. The summed E-state index contributed by atoms with van der Waals surface area (Å²) in [4.78, 5) is 14.0. The number of nitrogens with zero attached hydrogens (tertiary/aromatic N) is 1. The first-order valence-electron chi connectivity index (χ1n) is 7.51. The zero-order valence-corrected chi connectivity index (χ0v) is 12.8.